The smallest absolute Gasteiger partial charge is 0.240 e. The highest BCUT2D eigenvalue weighted by molar-refractivity contribution is 5.81. The van der Waals surface area contributed by atoms with Crippen molar-refractivity contribution in [1.82, 2.24) is 4.90 Å². The summed E-state index contributed by atoms with van der Waals surface area (Å²) in [6.45, 7) is 4.10. The molecule has 4 heteroatoms. The summed E-state index contributed by atoms with van der Waals surface area (Å²) in [4.78, 5) is 14.0. The van der Waals surface area contributed by atoms with Gasteiger partial charge < -0.3 is 10.0 Å². The van der Waals surface area contributed by atoms with E-state index in [0.717, 1.165) is 25.7 Å². The van der Waals surface area contributed by atoms with E-state index in [-0.39, 0.29) is 24.5 Å². The molecule has 1 atom stereocenters. The summed E-state index contributed by atoms with van der Waals surface area (Å²) in [5.41, 5.74) is 0. The number of carbonyl (C=O) groups excluding carboxylic acids is 1. The molecule has 96 valence electrons. The molecule has 1 fully saturated rings. The lowest BCUT2D eigenvalue weighted by molar-refractivity contribution is -0.137. The molecule has 0 aliphatic heterocycles. The zero-order valence-corrected chi connectivity index (χ0v) is 10.7. The van der Waals surface area contributed by atoms with Gasteiger partial charge in [0.25, 0.3) is 0 Å². The van der Waals surface area contributed by atoms with Crippen LogP contribution in [0, 0.1) is 23.2 Å². The van der Waals surface area contributed by atoms with E-state index >= 15 is 0 Å². The average Bonchev–Trinajstić information content (AvgIpc) is 2.79. The number of nitrogens with zero attached hydrogens (tertiary/aromatic N) is 2. The van der Waals surface area contributed by atoms with Crippen LogP contribution in [-0.4, -0.2) is 35.1 Å². The highest BCUT2D eigenvalue weighted by Gasteiger charge is 2.32. The predicted molar refractivity (Wildman–Crippen MR) is 65.0 cm³/mol. The third kappa shape index (κ3) is 3.44. The molecule has 0 heterocycles. The molecule has 0 aromatic rings. The fraction of sp³-hybridized carbons (Fsp3) is 0.846. The van der Waals surface area contributed by atoms with Crippen LogP contribution < -0.4 is 0 Å². The number of hydrogen-bond donors (Lipinski definition) is 1. The molecule has 1 aliphatic rings. The van der Waals surface area contributed by atoms with Gasteiger partial charge in [-0.2, -0.15) is 5.26 Å². The van der Waals surface area contributed by atoms with E-state index in [2.05, 4.69) is 6.07 Å². The maximum absolute atomic E-state index is 12.3. The van der Waals surface area contributed by atoms with Crippen LogP contribution >= 0.6 is 0 Å². The Hall–Kier alpha value is -1.08. The molecule has 17 heavy (non-hydrogen) atoms. The maximum atomic E-state index is 12.3. The molecule has 1 amide bonds. The van der Waals surface area contributed by atoms with E-state index in [1.807, 2.05) is 13.8 Å². The van der Waals surface area contributed by atoms with Gasteiger partial charge in [-0.25, -0.2) is 0 Å². The van der Waals surface area contributed by atoms with Crippen LogP contribution in [0.1, 0.15) is 39.5 Å². The van der Waals surface area contributed by atoms with E-state index in [0.29, 0.717) is 6.54 Å². The van der Waals surface area contributed by atoms with Crippen molar-refractivity contribution >= 4 is 5.91 Å². The van der Waals surface area contributed by atoms with Crippen molar-refractivity contribution in [3.8, 4) is 6.07 Å². The molecular formula is C13H22N2O2. The number of hydrogen-bond acceptors (Lipinski definition) is 3. The average molecular weight is 238 g/mol. The summed E-state index contributed by atoms with van der Waals surface area (Å²) >= 11 is 0. The second-order valence-corrected chi connectivity index (χ2v) is 5.04. The molecule has 0 saturated heterocycles. The van der Waals surface area contributed by atoms with Crippen LogP contribution in [0.25, 0.3) is 0 Å². The van der Waals surface area contributed by atoms with Crippen molar-refractivity contribution in [2.24, 2.45) is 11.8 Å². The third-order valence-electron chi connectivity index (χ3n) is 3.46. The number of nitriles is 1. The first-order valence-corrected chi connectivity index (χ1v) is 6.42. The van der Waals surface area contributed by atoms with Gasteiger partial charge in [0.1, 0.15) is 5.92 Å². The van der Waals surface area contributed by atoms with Gasteiger partial charge in [-0.3, -0.25) is 4.79 Å². The van der Waals surface area contributed by atoms with E-state index in [4.69, 9.17) is 10.4 Å². The molecule has 1 N–H and O–H groups in total. The minimum atomic E-state index is -0.581. The maximum Gasteiger partial charge on any atom is 0.240 e. The summed E-state index contributed by atoms with van der Waals surface area (Å²) < 4.78 is 0. The second-order valence-electron chi connectivity index (χ2n) is 5.04. The van der Waals surface area contributed by atoms with Crippen LogP contribution in [0.15, 0.2) is 0 Å². The van der Waals surface area contributed by atoms with Crippen molar-refractivity contribution in [3.05, 3.63) is 0 Å². The standard InChI is InChI=1S/C13H22N2O2/c1-10(2)12(9-14)13(17)15(7-8-16)11-5-3-4-6-11/h10-12,16H,3-8H2,1-2H3. The molecule has 1 rings (SSSR count). The Morgan fingerprint density at radius 3 is 2.47 bits per heavy atom. The van der Waals surface area contributed by atoms with E-state index in [1.165, 1.54) is 0 Å². The van der Waals surface area contributed by atoms with Gasteiger partial charge in [-0.05, 0) is 18.8 Å². The number of rotatable bonds is 5. The van der Waals surface area contributed by atoms with Gasteiger partial charge in [-0.15, -0.1) is 0 Å². The van der Waals surface area contributed by atoms with Crippen LogP contribution in [0.2, 0.25) is 0 Å². The van der Waals surface area contributed by atoms with Gasteiger partial charge >= 0.3 is 0 Å². The molecule has 1 aliphatic carbocycles. The van der Waals surface area contributed by atoms with Crippen LogP contribution in [0.5, 0.6) is 0 Å². The molecule has 0 bridgehead atoms. The van der Waals surface area contributed by atoms with E-state index in [1.54, 1.807) is 4.90 Å². The van der Waals surface area contributed by atoms with Crippen molar-refractivity contribution in [2.75, 3.05) is 13.2 Å². The van der Waals surface area contributed by atoms with Gasteiger partial charge in [0.2, 0.25) is 5.91 Å². The van der Waals surface area contributed by atoms with Crippen LogP contribution in [0.4, 0.5) is 0 Å². The third-order valence-corrected chi connectivity index (χ3v) is 3.46. The van der Waals surface area contributed by atoms with Crippen molar-refractivity contribution < 1.29 is 9.90 Å². The normalized spacial score (nSPS) is 18.1. The molecule has 1 saturated carbocycles. The highest BCUT2D eigenvalue weighted by atomic mass is 16.3. The van der Waals surface area contributed by atoms with Crippen molar-refractivity contribution in [1.29, 1.82) is 5.26 Å². The summed E-state index contributed by atoms with van der Waals surface area (Å²) in [5.74, 6) is -0.666. The Morgan fingerprint density at radius 1 is 1.47 bits per heavy atom. The van der Waals surface area contributed by atoms with Crippen LogP contribution in [-0.2, 0) is 4.79 Å². The lowest BCUT2D eigenvalue weighted by Crippen LogP contribution is -2.44. The molecule has 4 nitrogen and oxygen atoms in total. The van der Waals surface area contributed by atoms with Gasteiger partial charge in [0, 0.05) is 12.6 Å². The summed E-state index contributed by atoms with van der Waals surface area (Å²) in [6, 6.07) is 2.32. The van der Waals surface area contributed by atoms with Gasteiger partial charge in [0.05, 0.1) is 12.7 Å². The summed E-state index contributed by atoms with van der Waals surface area (Å²) in [7, 11) is 0. The number of amides is 1. The Kier molecular flexibility index (Phi) is 5.43. The fourth-order valence-electron chi connectivity index (χ4n) is 2.46. The molecule has 0 spiro atoms. The quantitative estimate of drug-likeness (QED) is 0.790. The second kappa shape index (κ2) is 6.61. The SMILES string of the molecule is CC(C)C(C#N)C(=O)N(CCO)C1CCCC1. The summed E-state index contributed by atoms with van der Waals surface area (Å²) in [5, 5.41) is 18.1. The van der Waals surface area contributed by atoms with Crippen LogP contribution in [0.3, 0.4) is 0 Å². The van der Waals surface area contributed by atoms with E-state index in [9.17, 15) is 4.79 Å². The van der Waals surface area contributed by atoms with Gasteiger partial charge in [0.15, 0.2) is 0 Å². The molecule has 0 aromatic heterocycles. The Bertz CT molecular complexity index is 290. The summed E-state index contributed by atoms with van der Waals surface area (Å²) in [6.07, 6.45) is 4.28. The monoisotopic (exact) mass is 238 g/mol. The number of carbonyl (C=O) groups is 1. The largest absolute Gasteiger partial charge is 0.395 e. The first-order valence-electron chi connectivity index (χ1n) is 6.42. The molecule has 1 unspecified atom stereocenters. The molecular weight excluding hydrogens is 216 g/mol. The topological polar surface area (TPSA) is 64.3 Å². The number of aliphatic hydroxyl groups excluding tert-OH is 1. The lowest BCUT2D eigenvalue weighted by atomic mass is 9.95. The molecule has 0 aromatic carbocycles. The minimum absolute atomic E-state index is 0.0232. The minimum Gasteiger partial charge on any atom is -0.395 e. The number of aliphatic hydroxyl groups is 1. The predicted octanol–water partition coefficient (Wildman–Crippen LogP) is 1.55. The zero-order chi connectivity index (χ0) is 12.8. The first-order chi connectivity index (χ1) is 8.11. The van der Waals surface area contributed by atoms with Crippen molar-refractivity contribution in [2.45, 2.75) is 45.6 Å². The highest BCUT2D eigenvalue weighted by Crippen LogP contribution is 2.25. The Morgan fingerprint density at radius 2 is 2.06 bits per heavy atom. The van der Waals surface area contributed by atoms with Gasteiger partial charge in [-0.1, -0.05) is 26.7 Å². The van der Waals surface area contributed by atoms with Crippen molar-refractivity contribution in [3.63, 3.8) is 0 Å². The van der Waals surface area contributed by atoms with E-state index < -0.39 is 5.92 Å². The fourth-order valence-corrected chi connectivity index (χ4v) is 2.46. The molecule has 0 radical (unpaired) electrons. The lowest BCUT2D eigenvalue weighted by Gasteiger charge is -2.31. The first kappa shape index (κ1) is 14.0. The Labute approximate surface area is 103 Å². The Balaban J connectivity index is 2.75. The zero-order valence-electron chi connectivity index (χ0n) is 10.7.